The van der Waals surface area contributed by atoms with Crippen LogP contribution < -0.4 is 15.8 Å². The van der Waals surface area contributed by atoms with Crippen LogP contribution in [0.25, 0.3) is 11.0 Å². The standard InChI is InChI=1S/C23H20N2O6/c1-13-16-8-9-18(30-12-21(28)25-20(27)11-19(26)24-25)14(2)22(16)31-23(29)17(13)10-15-6-4-3-5-7-15/h3-9H,10-12H2,1-2H3,(H,24,26). The van der Waals surface area contributed by atoms with Crippen LogP contribution in [0.2, 0.25) is 0 Å². The fraction of sp³-hybridized carbons (Fsp3) is 0.217. The molecule has 2 heterocycles. The van der Waals surface area contributed by atoms with Crippen molar-refractivity contribution in [1.29, 1.82) is 0 Å². The number of aryl methyl sites for hydroxylation is 2. The van der Waals surface area contributed by atoms with Crippen molar-refractivity contribution in [3.8, 4) is 5.75 Å². The van der Waals surface area contributed by atoms with Crippen molar-refractivity contribution < 1.29 is 23.5 Å². The number of nitrogens with zero attached hydrogens (tertiary/aromatic N) is 1. The quantitative estimate of drug-likeness (QED) is 0.501. The molecule has 3 aromatic rings. The lowest BCUT2D eigenvalue weighted by Crippen LogP contribution is -2.43. The van der Waals surface area contributed by atoms with Crippen molar-refractivity contribution in [2.45, 2.75) is 26.7 Å². The van der Waals surface area contributed by atoms with Crippen molar-refractivity contribution in [3.05, 3.63) is 75.1 Å². The molecular formula is C23H20N2O6. The molecule has 0 saturated carbocycles. The van der Waals surface area contributed by atoms with E-state index in [4.69, 9.17) is 9.15 Å². The van der Waals surface area contributed by atoms with Crippen molar-refractivity contribution in [1.82, 2.24) is 10.4 Å². The summed E-state index contributed by atoms with van der Waals surface area (Å²) in [5, 5.41) is 1.43. The lowest BCUT2D eigenvalue weighted by molar-refractivity contribution is -0.147. The summed E-state index contributed by atoms with van der Waals surface area (Å²) >= 11 is 0. The van der Waals surface area contributed by atoms with E-state index in [-0.39, 0.29) is 6.42 Å². The zero-order chi connectivity index (χ0) is 22.1. The average molecular weight is 420 g/mol. The Kier molecular flexibility index (Phi) is 5.29. The molecule has 1 aromatic heterocycles. The molecule has 2 aromatic carbocycles. The van der Waals surface area contributed by atoms with E-state index >= 15 is 0 Å². The number of benzene rings is 2. The van der Waals surface area contributed by atoms with Crippen LogP contribution in [0.4, 0.5) is 0 Å². The predicted molar refractivity (Wildman–Crippen MR) is 111 cm³/mol. The number of ether oxygens (including phenoxy) is 1. The van der Waals surface area contributed by atoms with E-state index in [0.29, 0.717) is 33.9 Å². The van der Waals surface area contributed by atoms with Crippen LogP contribution in [0.3, 0.4) is 0 Å². The van der Waals surface area contributed by atoms with E-state index in [9.17, 15) is 19.2 Å². The molecule has 1 saturated heterocycles. The summed E-state index contributed by atoms with van der Waals surface area (Å²) in [6.45, 7) is 3.15. The molecule has 31 heavy (non-hydrogen) atoms. The first-order chi connectivity index (χ1) is 14.8. The predicted octanol–water partition coefficient (Wildman–Crippen LogP) is 2.17. The first-order valence-corrected chi connectivity index (χ1v) is 9.73. The third-order valence-electron chi connectivity index (χ3n) is 5.28. The SMILES string of the molecule is Cc1c(Cc2ccccc2)c(=O)oc2c(C)c(OCC(=O)N3NC(=O)CC3=O)ccc12. The van der Waals surface area contributed by atoms with Gasteiger partial charge in [0.2, 0.25) is 5.91 Å². The summed E-state index contributed by atoms with van der Waals surface area (Å²) in [6.07, 6.45) is 0.100. The summed E-state index contributed by atoms with van der Waals surface area (Å²) in [5.41, 5.74) is 5.13. The van der Waals surface area contributed by atoms with Crippen molar-refractivity contribution >= 4 is 28.7 Å². The molecule has 3 amide bonds. The average Bonchev–Trinajstić information content (AvgIpc) is 3.09. The molecular weight excluding hydrogens is 400 g/mol. The Balaban J connectivity index is 1.60. The Morgan fingerprint density at radius 3 is 2.48 bits per heavy atom. The maximum atomic E-state index is 12.7. The van der Waals surface area contributed by atoms with Crippen molar-refractivity contribution in [2.24, 2.45) is 0 Å². The van der Waals surface area contributed by atoms with E-state index in [1.807, 2.05) is 37.3 Å². The number of amides is 3. The molecule has 0 aliphatic carbocycles. The highest BCUT2D eigenvalue weighted by molar-refractivity contribution is 6.10. The summed E-state index contributed by atoms with van der Waals surface area (Å²) in [4.78, 5) is 47.7. The molecule has 0 unspecified atom stereocenters. The van der Waals surface area contributed by atoms with Crippen LogP contribution in [-0.4, -0.2) is 29.3 Å². The van der Waals surface area contributed by atoms with Gasteiger partial charge in [0, 0.05) is 22.9 Å². The fourth-order valence-electron chi connectivity index (χ4n) is 3.58. The summed E-state index contributed by atoms with van der Waals surface area (Å²) in [5.74, 6) is -1.51. The van der Waals surface area contributed by atoms with Crippen LogP contribution in [0.15, 0.2) is 51.7 Å². The highest BCUT2D eigenvalue weighted by Gasteiger charge is 2.32. The van der Waals surface area contributed by atoms with Gasteiger partial charge in [0.15, 0.2) is 6.61 Å². The van der Waals surface area contributed by atoms with Crippen LogP contribution in [0.1, 0.15) is 28.7 Å². The largest absolute Gasteiger partial charge is 0.483 e. The van der Waals surface area contributed by atoms with Gasteiger partial charge in [-0.05, 0) is 37.1 Å². The number of nitrogens with one attached hydrogen (secondary N) is 1. The second kappa shape index (κ2) is 8.06. The van der Waals surface area contributed by atoms with Crippen molar-refractivity contribution in [2.75, 3.05) is 6.61 Å². The molecule has 0 spiro atoms. The lowest BCUT2D eigenvalue weighted by atomic mass is 9.98. The minimum Gasteiger partial charge on any atom is -0.483 e. The van der Waals surface area contributed by atoms with Crippen LogP contribution in [-0.2, 0) is 20.8 Å². The number of hydrazine groups is 1. The minimum absolute atomic E-state index is 0.345. The number of hydrogen-bond acceptors (Lipinski definition) is 6. The van der Waals surface area contributed by atoms with Gasteiger partial charge in [-0.2, -0.15) is 5.01 Å². The Labute approximate surface area is 177 Å². The second-order valence-electron chi connectivity index (χ2n) is 7.34. The van der Waals surface area contributed by atoms with Gasteiger partial charge in [-0.25, -0.2) is 4.79 Å². The van der Waals surface area contributed by atoms with E-state index in [0.717, 1.165) is 16.5 Å². The number of carbonyl (C=O) groups excluding carboxylic acids is 3. The molecule has 1 aliphatic rings. The summed E-state index contributed by atoms with van der Waals surface area (Å²) in [6, 6.07) is 13.1. The third-order valence-corrected chi connectivity index (χ3v) is 5.28. The smallest absolute Gasteiger partial charge is 0.340 e. The van der Waals surface area contributed by atoms with Gasteiger partial charge in [0.05, 0.1) is 0 Å². The maximum Gasteiger partial charge on any atom is 0.340 e. The van der Waals surface area contributed by atoms with Gasteiger partial charge in [-0.15, -0.1) is 0 Å². The molecule has 0 radical (unpaired) electrons. The molecule has 8 nitrogen and oxygen atoms in total. The first kappa shape index (κ1) is 20.3. The first-order valence-electron chi connectivity index (χ1n) is 9.73. The molecule has 1 fully saturated rings. The van der Waals surface area contributed by atoms with Gasteiger partial charge in [-0.3, -0.25) is 19.8 Å². The molecule has 158 valence electrons. The van der Waals surface area contributed by atoms with E-state index in [2.05, 4.69) is 5.43 Å². The number of imide groups is 1. The van der Waals surface area contributed by atoms with Crippen LogP contribution >= 0.6 is 0 Å². The highest BCUT2D eigenvalue weighted by Crippen LogP contribution is 2.30. The highest BCUT2D eigenvalue weighted by atomic mass is 16.5. The molecule has 4 rings (SSSR count). The van der Waals surface area contributed by atoms with Gasteiger partial charge in [-0.1, -0.05) is 30.3 Å². The normalized spacial score (nSPS) is 13.5. The summed E-state index contributed by atoms with van der Waals surface area (Å²) < 4.78 is 11.2. The topological polar surface area (TPSA) is 106 Å². The molecule has 0 bridgehead atoms. The van der Waals surface area contributed by atoms with E-state index in [1.165, 1.54) is 0 Å². The van der Waals surface area contributed by atoms with Crippen LogP contribution in [0.5, 0.6) is 5.75 Å². The fourth-order valence-corrected chi connectivity index (χ4v) is 3.58. The monoisotopic (exact) mass is 420 g/mol. The molecule has 1 N–H and O–H groups in total. The van der Waals surface area contributed by atoms with Gasteiger partial charge in [0.1, 0.15) is 17.8 Å². The van der Waals surface area contributed by atoms with Gasteiger partial charge in [0.25, 0.3) is 11.8 Å². The number of hydrogen-bond donors (Lipinski definition) is 1. The van der Waals surface area contributed by atoms with Gasteiger partial charge >= 0.3 is 5.63 Å². The van der Waals surface area contributed by atoms with E-state index < -0.39 is 30.0 Å². The Morgan fingerprint density at radius 1 is 1.06 bits per heavy atom. The Bertz CT molecular complexity index is 1260. The Morgan fingerprint density at radius 2 is 1.81 bits per heavy atom. The number of rotatable bonds is 5. The lowest BCUT2D eigenvalue weighted by Gasteiger charge is -2.16. The van der Waals surface area contributed by atoms with Crippen LogP contribution in [0, 0.1) is 13.8 Å². The number of carbonyl (C=O) groups is 3. The van der Waals surface area contributed by atoms with E-state index in [1.54, 1.807) is 19.1 Å². The number of fused-ring (bicyclic) bond motifs is 1. The molecule has 1 aliphatic heterocycles. The minimum atomic E-state index is -0.689. The second-order valence-corrected chi connectivity index (χ2v) is 7.34. The van der Waals surface area contributed by atoms with Gasteiger partial charge < -0.3 is 9.15 Å². The maximum absolute atomic E-state index is 12.7. The summed E-state index contributed by atoms with van der Waals surface area (Å²) in [7, 11) is 0. The Hall–Kier alpha value is -3.94. The zero-order valence-corrected chi connectivity index (χ0v) is 17.1. The van der Waals surface area contributed by atoms with Crippen molar-refractivity contribution in [3.63, 3.8) is 0 Å². The zero-order valence-electron chi connectivity index (χ0n) is 17.1. The third kappa shape index (κ3) is 3.92. The molecule has 0 atom stereocenters. The molecule has 8 heteroatoms.